The monoisotopic (exact) mass is 293 g/mol. The molecule has 0 fully saturated rings. The molecule has 1 aromatic rings. The molecule has 0 saturated heterocycles. The molecule has 1 N–H and O–H groups in total. The van der Waals surface area contributed by atoms with Crippen molar-refractivity contribution in [2.24, 2.45) is 5.92 Å². The molecule has 0 aliphatic rings. The van der Waals surface area contributed by atoms with Gasteiger partial charge in [0.25, 0.3) is 0 Å². The number of benzene rings is 1. The van der Waals surface area contributed by atoms with Crippen molar-refractivity contribution in [1.29, 1.82) is 0 Å². The topological polar surface area (TPSA) is 23.5 Å². The Kier molecular flexibility index (Phi) is 8.24. The molecule has 0 spiro atoms. The lowest BCUT2D eigenvalue weighted by atomic mass is 10.1. The fourth-order valence-electron chi connectivity index (χ4n) is 2.24. The van der Waals surface area contributed by atoms with Crippen molar-refractivity contribution in [3.05, 3.63) is 48.3 Å². The number of aliphatic hydroxyl groups excluding tert-OH is 1. The first kappa shape index (κ1) is 17.9. The van der Waals surface area contributed by atoms with Crippen LogP contribution in [0, 0.1) is 11.7 Å². The lowest BCUT2D eigenvalue weighted by Crippen LogP contribution is -2.33. The summed E-state index contributed by atoms with van der Waals surface area (Å²) in [5.41, 5.74) is 0.692. The molecule has 1 aromatic carbocycles. The standard InChI is InChI=1S/C18H28FNO/c1-4-5-9-17(21)14-20(12-11-15(2)3)13-16-8-6-7-10-18(16)19/h4,6-8,10,15,17,21H,1,5,9,11-14H2,2-3H3. The van der Waals surface area contributed by atoms with Gasteiger partial charge in [0.2, 0.25) is 0 Å². The zero-order chi connectivity index (χ0) is 15.7. The Labute approximate surface area is 128 Å². The van der Waals surface area contributed by atoms with Crippen LogP contribution in [0.15, 0.2) is 36.9 Å². The number of hydrogen-bond acceptors (Lipinski definition) is 2. The van der Waals surface area contributed by atoms with Crippen LogP contribution in [0.1, 0.15) is 38.7 Å². The summed E-state index contributed by atoms with van der Waals surface area (Å²) in [5, 5.41) is 10.1. The van der Waals surface area contributed by atoms with Crippen molar-refractivity contribution in [2.75, 3.05) is 13.1 Å². The van der Waals surface area contributed by atoms with Gasteiger partial charge in [-0.2, -0.15) is 0 Å². The second-order valence-corrected chi connectivity index (χ2v) is 6.03. The van der Waals surface area contributed by atoms with Gasteiger partial charge in [0, 0.05) is 18.7 Å². The Balaban J connectivity index is 2.63. The van der Waals surface area contributed by atoms with Crippen LogP contribution in [0.25, 0.3) is 0 Å². The van der Waals surface area contributed by atoms with Gasteiger partial charge in [-0.25, -0.2) is 4.39 Å². The Morgan fingerprint density at radius 3 is 2.62 bits per heavy atom. The normalized spacial score (nSPS) is 12.9. The van der Waals surface area contributed by atoms with Crippen LogP contribution in [0.2, 0.25) is 0 Å². The quantitative estimate of drug-likeness (QED) is 0.659. The van der Waals surface area contributed by atoms with E-state index in [-0.39, 0.29) is 11.9 Å². The smallest absolute Gasteiger partial charge is 0.127 e. The first-order chi connectivity index (χ1) is 10.0. The van der Waals surface area contributed by atoms with Gasteiger partial charge >= 0.3 is 0 Å². The Hall–Kier alpha value is -1.19. The summed E-state index contributed by atoms with van der Waals surface area (Å²) in [5.74, 6) is 0.422. The predicted molar refractivity (Wildman–Crippen MR) is 86.6 cm³/mol. The molecule has 0 bridgehead atoms. The zero-order valence-electron chi connectivity index (χ0n) is 13.3. The van der Waals surface area contributed by atoms with Gasteiger partial charge in [-0.3, -0.25) is 4.90 Å². The van der Waals surface area contributed by atoms with E-state index in [1.807, 2.05) is 18.2 Å². The molecule has 0 aliphatic heterocycles. The van der Waals surface area contributed by atoms with E-state index in [0.29, 0.717) is 31.0 Å². The second-order valence-electron chi connectivity index (χ2n) is 6.03. The molecule has 118 valence electrons. The van der Waals surface area contributed by atoms with Crippen molar-refractivity contribution in [1.82, 2.24) is 4.90 Å². The predicted octanol–water partition coefficient (Wildman–Crippen LogP) is 4.00. The van der Waals surface area contributed by atoms with Crippen LogP contribution in [-0.4, -0.2) is 29.2 Å². The van der Waals surface area contributed by atoms with E-state index in [0.717, 1.165) is 19.4 Å². The van der Waals surface area contributed by atoms with Crippen LogP contribution in [0.5, 0.6) is 0 Å². The van der Waals surface area contributed by atoms with Crippen molar-refractivity contribution >= 4 is 0 Å². The Morgan fingerprint density at radius 1 is 1.29 bits per heavy atom. The molecule has 1 unspecified atom stereocenters. The summed E-state index contributed by atoms with van der Waals surface area (Å²) >= 11 is 0. The SMILES string of the molecule is C=CCCC(O)CN(CCC(C)C)Cc1ccccc1F. The molecule has 0 heterocycles. The number of aliphatic hydroxyl groups is 1. The summed E-state index contributed by atoms with van der Waals surface area (Å²) in [7, 11) is 0. The van der Waals surface area contributed by atoms with Crippen LogP contribution in [0.3, 0.4) is 0 Å². The molecule has 2 nitrogen and oxygen atoms in total. The molecule has 0 aromatic heterocycles. The summed E-state index contributed by atoms with van der Waals surface area (Å²) in [4.78, 5) is 2.15. The lowest BCUT2D eigenvalue weighted by Gasteiger charge is -2.26. The first-order valence-corrected chi connectivity index (χ1v) is 7.77. The average Bonchev–Trinajstić information content (AvgIpc) is 2.44. The van der Waals surface area contributed by atoms with E-state index in [1.54, 1.807) is 6.07 Å². The van der Waals surface area contributed by atoms with Crippen molar-refractivity contribution in [3.8, 4) is 0 Å². The highest BCUT2D eigenvalue weighted by atomic mass is 19.1. The number of halogens is 1. The maximum Gasteiger partial charge on any atom is 0.127 e. The highest BCUT2D eigenvalue weighted by Gasteiger charge is 2.14. The summed E-state index contributed by atoms with van der Waals surface area (Å²) in [6.45, 7) is 10.0. The van der Waals surface area contributed by atoms with Gasteiger partial charge < -0.3 is 5.11 Å². The highest BCUT2D eigenvalue weighted by Crippen LogP contribution is 2.13. The van der Waals surface area contributed by atoms with Crippen molar-refractivity contribution in [3.63, 3.8) is 0 Å². The van der Waals surface area contributed by atoms with Gasteiger partial charge in [-0.1, -0.05) is 38.1 Å². The highest BCUT2D eigenvalue weighted by molar-refractivity contribution is 5.17. The molecule has 3 heteroatoms. The molecule has 1 atom stereocenters. The molecule has 0 aliphatic carbocycles. The Bertz CT molecular complexity index is 419. The van der Waals surface area contributed by atoms with Gasteiger partial charge in [0.05, 0.1) is 6.10 Å². The third-order valence-corrected chi connectivity index (χ3v) is 3.55. The van der Waals surface area contributed by atoms with E-state index >= 15 is 0 Å². The number of allylic oxidation sites excluding steroid dienone is 1. The molecule has 0 amide bonds. The summed E-state index contributed by atoms with van der Waals surface area (Å²) in [6.07, 6.45) is 3.99. The van der Waals surface area contributed by atoms with Crippen molar-refractivity contribution < 1.29 is 9.50 Å². The molecule has 0 radical (unpaired) electrons. The third kappa shape index (κ3) is 7.39. The average molecular weight is 293 g/mol. The molecular weight excluding hydrogens is 265 g/mol. The molecule has 21 heavy (non-hydrogen) atoms. The van der Waals surface area contributed by atoms with Gasteiger partial charge in [0.1, 0.15) is 5.82 Å². The fraction of sp³-hybridized carbons (Fsp3) is 0.556. The van der Waals surface area contributed by atoms with E-state index in [1.165, 1.54) is 6.07 Å². The van der Waals surface area contributed by atoms with Crippen LogP contribution >= 0.6 is 0 Å². The van der Waals surface area contributed by atoms with E-state index < -0.39 is 0 Å². The zero-order valence-corrected chi connectivity index (χ0v) is 13.3. The summed E-state index contributed by atoms with van der Waals surface area (Å²) < 4.78 is 13.8. The number of rotatable bonds is 10. The minimum absolute atomic E-state index is 0.173. The number of nitrogens with zero attached hydrogens (tertiary/aromatic N) is 1. The lowest BCUT2D eigenvalue weighted by molar-refractivity contribution is 0.0988. The minimum atomic E-state index is -0.387. The van der Waals surface area contributed by atoms with E-state index in [2.05, 4.69) is 25.3 Å². The van der Waals surface area contributed by atoms with Gasteiger partial charge in [-0.05, 0) is 37.8 Å². The molecule has 0 saturated carbocycles. The minimum Gasteiger partial charge on any atom is -0.392 e. The van der Waals surface area contributed by atoms with Crippen molar-refractivity contribution in [2.45, 2.75) is 45.8 Å². The maximum atomic E-state index is 13.8. The largest absolute Gasteiger partial charge is 0.392 e. The van der Waals surface area contributed by atoms with Crippen LogP contribution < -0.4 is 0 Å². The molecular formula is C18H28FNO. The second kappa shape index (κ2) is 9.69. The first-order valence-electron chi connectivity index (χ1n) is 7.77. The van der Waals surface area contributed by atoms with Gasteiger partial charge in [0.15, 0.2) is 0 Å². The maximum absolute atomic E-state index is 13.8. The third-order valence-electron chi connectivity index (χ3n) is 3.55. The van der Waals surface area contributed by atoms with E-state index in [4.69, 9.17) is 0 Å². The number of hydrogen-bond donors (Lipinski definition) is 1. The van der Waals surface area contributed by atoms with Crippen LogP contribution in [-0.2, 0) is 6.54 Å². The van der Waals surface area contributed by atoms with Crippen LogP contribution in [0.4, 0.5) is 4.39 Å². The summed E-state index contributed by atoms with van der Waals surface area (Å²) in [6, 6.07) is 6.86. The molecule has 1 rings (SSSR count). The fourth-order valence-corrected chi connectivity index (χ4v) is 2.24. The Morgan fingerprint density at radius 2 is 2.00 bits per heavy atom. The van der Waals surface area contributed by atoms with Gasteiger partial charge in [-0.15, -0.1) is 6.58 Å². The van der Waals surface area contributed by atoms with E-state index in [9.17, 15) is 9.50 Å².